The lowest BCUT2D eigenvalue weighted by Crippen LogP contribution is -2.18. The van der Waals surface area contributed by atoms with Crippen molar-refractivity contribution in [2.24, 2.45) is 4.99 Å². The number of benzene rings is 2. The number of allylic oxidation sites excluding steroid dienone is 1. The van der Waals surface area contributed by atoms with E-state index in [1.807, 2.05) is 0 Å². The van der Waals surface area contributed by atoms with Crippen LogP contribution < -0.4 is 9.54 Å². The van der Waals surface area contributed by atoms with Crippen molar-refractivity contribution >= 4 is 37.3 Å². The highest BCUT2D eigenvalue weighted by Gasteiger charge is 2.17. The number of methoxy groups -OCH3 is 1. The third-order valence-corrected chi connectivity index (χ3v) is 6.96. The summed E-state index contributed by atoms with van der Waals surface area (Å²) >= 11 is 1.16. The van der Waals surface area contributed by atoms with Gasteiger partial charge in [0.05, 0.1) is 28.0 Å². The smallest absolute Gasteiger partial charge is 0.249 e. The molecule has 0 aliphatic carbocycles. The number of sulfone groups is 1. The molecule has 0 aliphatic heterocycles. The molecule has 9 heteroatoms. The number of halogens is 1. The summed E-state index contributed by atoms with van der Waals surface area (Å²) in [5, 5.41) is 0. The topological polar surface area (TPSA) is 77.7 Å². The summed E-state index contributed by atoms with van der Waals surface area (Å²) in [5.74, 6) is -0.843. The molecule has 0 unspecified atom stereocenters. The minimum absolute atomic E-state index is 0.108. The van der Waals surface area contributed by atoms with Crippen molar-refractivity contribution in [3.8, 4) is 5.75 Å². The van der Waals surface area contributed by atoms with Gasteiger partial charge in [0.15, 0.2) is 14.6 Å². The fraction of sp³-hybridized carbons (Fsp3) is 0.200. The number of carbonyl (C=O) groups excluding carboxylic acids is 1. The number of rotatable bonds is 7. The van der Waals surface area contributed by atoms with Crippen molar-refractivity contribution in [2.75, 3.05) is 12.9 Å². The van der Waals surface area contributed by atoms with Gasteiger partial charge in [0, 0.05) is 13.0 Å². The van der Waals surface area contributed by atoms with E-state index in [1.165, 1.54) is 25.3 Å². The maximum absolute atomic E-state index is 14.2. The maximum Gasteiger partial charge on any atom is 0.249 e. The number of thiazole rings is 1. The Hall–Kier alpha value is -2.78. The second-order valence-corrected chi connectivity index (χ2v) is 9.24. The van der Waals surface area contributed by atoms with E-state index in [-0.39, 0.29) is 23.6 Å². The van der Waals surface area contributed by atoms with Crippen molar-refractivity contribution in [1.29, 1.82) is 0 Å². The van der Waals surface area contributed by atoms with Crippen LogP contribution in [0.3, 0.4) is 0 Å². The third-order valence-electron chi connectivity index (χ3n) is 4.19. The van der Waals surface area contributed by atoms with Gasteiger partial charge in [0.2, 0.25) is 5.91 Å². The van der Waals surface area contributed by atoms with Crippen LogP contribution in [0.4, 0.5) is 4.39 Å². The van der Waals surface area contributed by atoms with Gasteiger partial charge in [0.1, 0.15) is 11.6 Å². The minimum Gasteiger partial charge on any atom is -0.497 e. The minimum atomic E-state index is -3.64. The highest BCUT2D eigenvalue weighted by Crippen LogP contribution is 2.21. The van der Waals surface area contributed by atoms with Gasteiger partial charge in [-0.15, -0.1) is 6.58 Å². The van der Waals surface area contributed by atoms with Crippen LogP contribution in [0, 0.1) is 5.82 Å². The van der Waals surface area contributed by atoms with E-state index in [4.69, 9.17) is 4.74 Å². The molecule has 1 amide bonds. The van der Waals surface area contributed by atoms with Gasteiger partial charge in [-0.3, -0.25) is 4.79 Å². The quantitative estimate of drug-likeness (QED) is 0.535. The molecule has 3 rings (SSSR count). The number of hydrogen-bond donors (Lipinski definition) is 0. The Morgan fingerprint density at radius 2 is 2.00 bits per heavy atom. The average Bonchev–Trinajstić information content (AvgIpc) is 3.05. The first-order chi connectivity index (χ1) is 13.9. The molecule has 0 saturated carbocycles. The van der Waals surface area contributed by atoms with Gasteiger partial charge in [-0.2, -0.15) is 4.99 Å². The van der Waals surface area contributed by atoms with Crippen molar-refractivity contribution in [1.82, 2.24) is 4.57 Å². The summed E-state index contributed by atoms with van der Waals surface area (Å²) in [6.07, 6.45) is 1.30. The zero-order valence-corrected chi connectivity index (χ0v) is 17.3. The van der Waals surface area contributed by atoms with E-state index in [0.717, 1.165) is 11.3 Å². The van der Waals surface area contributed by atoms with E-state index >= 15 is 0 Å². The summed E-state index contributed by atoms with van der Waals surface area (Å²) in [6.45, 7) is 3.93. The van der Waals surface area contributed by atoms with Gasteiger partial charge >= 0.3 is 0 Å². The first-order valence-electron chi connectivity index (χ1n) is 8.69. The van der Waals surface area contributed by atoms with Crippen LogP contribution in [0.25, 0.3) is 10.2 Å². The van der Waals surface area contributed by atoms with Crippen LogP contribution in [0.15, 0.2) is 65.0 Å². The van der Waals surface area contributed by atoms with Crippen molar-refractivity contribution in [3.05, 3.63) is 65.7 Å². The number of amides is 1. The first kappa shape index (κ1) is 20.9. The number of nitrogens with zero attached hydrogens (tertiary/aromatic N) is 2. The highest BCUT2D eigenvalue weighted by molar-refractivity contribution is 7.91. The molecule has 1 aromatic heterocycles. The number of aromatic nitrogens is 1. The van der Waals surface area contributed by atoms with Crippen LogP contribution in [-0.2, 0) is 21.2 Å². The predicted octanol–water partition coefficient (Wildman–Crippen LogP) is 3.33. The Bertz CT molecular complexity index is 1230. The number of fused-ring (bicyclic) bond motifs is 1. The molecule has 0 fully saturated rings. The lowest BCUT2D eigenvalue weighted by atomic mass is 10.3. The maximum atomic E-state index is 14.2. The molecule has 0 radical (unpaired) electrons. The molecule has 2 aromatic carbocycles. The van der Waals surface area contributed by atoms with Crippen LogP contribution in [0.1, 0.15) is 6.42 Å². The van der Waals surface area contributed by atoms with Gasteiger partial charge in [-0.25, -0.2) is 12.8 Å². The van der Waals surface area contributed by atoms with Gasteiger partial charge in [0.25, 0.3) is 0 Å². The molecule has 29 heavy (non-hydrogen) atoms. The highest BCUT2D eigenvalue weighted by atomic mass is 32.2. The predicted molar refractivity (Wildman–Crippen MR) is 110 cm³/mol. The number of carbonyl (C=O) groups is 1. The largest absolute Gasteiger partial charge is 0.497 e. The van der Waals surface area contributed by atoms with Crippen LogP contribution >= 0.6 is 11.3 Å². The number of para-hydroxylation sites is 1. The van der Waals surface area contributed by atoms with Crippen molar-refractivity contribution in [2.45, 2.75) is 17.9 Å². The zero-order chi connectivity index (χ0) is 21.0. The second-order valence-electron chi connectivity index (χ2n) is 6.12. The monoisotopic (exact) mass is 434 g/mol. The molecule has 0 spiro atoms. The van der Waals surface area contributed by atoms with Crippen molar-refractivity contribution < 1.29 is 22.3 Å². The Morgan fingerprint density at radius 1 is 1.28 bits per heavy atom. The summed E-state index contributed by atoms with van der Waals surface area (Å²) in [6, 6.07) is 10.6. The fourth-order valence-corrected chi connectivity index (χ4v) is 5.06. The normalized spacial score (nSPS) is 12.3. The molecule has 1 heterocycles. The first-order valence-corrected chi connectivity index (χ1v) is 11.2. The molecular weight excluding hydrogens is 415 g/mol. The standard InChI is InChI=1S/C20H19FN2O4S2/c1-3-12-23-19-16(21)5-4-6-17(19)28-20(23)22-18(24)11-13-29(25,26)15-9-7-14(27-2)8-10-15/h3-10H,1,11-13H2,2H3. The zero-order valence-electron chi connectivity index (χ0n) is 15.7. The second kappa shape index (κ2) is 8.71. The Morgan fingerprint density at radius 3 is 2.66 bits per heavy atom. The van der Waals surface area contributed by atoms with E-state index in [1.54, 1.807) is 34.9 Å². The Kier molecular flexibility index (Phi) is 6.29. The summed E-state index contributed by atoms with van der Waals surface area (Å²) in [5.41, 5.74) is 0.342. The summed E-state index contributed by atoms with van der Waals surface area (Å²) in [4.78, 5) is 16.8. The third kappa shape index (κ3) is 4.63. The molecule has 3 aromatic rings. The summed E-state index contributed by atoms with van der Waals surface area (Å²) < 4.78 is 46.3. The fourth-order valence-electron chi connectivity index (χ4n) is 2.76. The van der Waals surface area contributed by atoms with Gasteiger partial charge < -0.3 is 9.30 Å². The lowest BCUT2D eigenvalue weighted by Gasteiger charge is -2.04. The SMILES string of the molecule is C=CCn1c(=NC(=O)CCS(=O)(=O)c2ccc(OC)cc2)sc2cccc(F)c21. The molecule has 152 valence electrons. The summed E-state index contributed by atoms with van der Waals surface area (Å²) in [7, 11) is -2.15. The molecular formula is C20H19FN2O4S2. The molecule has 0 aliphatic rings. The number of ether oxygens (including phenoxy) is 1. The van der Waals surface area contributed by atoms with Crippen LogP contribution in [0.5, 0.6) is 5.75 Å². The lowest BCUT2D eigenvalue weighted by molar-refractivity contribution is -0.117. The van der Waals surface area contributed by atoms with E-state index in [2.05, 4.69) is 11.6 Å². The molecule has 0 atom stereocenters. The van der Waals surface area contributed by atoms with Gasteiger partial charge in [-0.1, -0.05) is 23.5 Å². The molecule has 0 N–H and O–H groups in total. The van der Waals surface area contributed by atoms with E-state index < -0.39 is 21.6 Å². The van der Waals surface area contributed by atoms with E-state index in [9.17, 15) is 17.6 Å². The molecule has 0 saturated heterocycles. The average molecular weight is 435 g/mol. The van der Waals surface area contributed by atoms with E-state index in [0.29, 0.717) is 20.8 Å². The Balaban J connectivity index is 1.84. The van der Waals surface area contributed by atoms with Crippen molar-refractivity contribution in [3.63, 3.8) is 0 Å². The van der Waals surface area contributed by atoms with Crippen LogP contribution in [0.2, 0.25) is 0 Å². The molecule has 6 nitrogen and oxygen atoms in total. The van der Waals surface area contributed by atoms with Crippen LogP contribution in [-0.4, -0.2) is 31.8 Å². The number of hydrogen-bond acceptors (Lipinski definition) is 5. The van der Waals surface area contributed by atoms with Gasteiger partial charge in [-0.05, 0) is 36.4 Å². The molecule has 0 bridgehead atoms. The Labute approximate surface area is 171 Å².